The van der Waals surface area contributed by atoms with Gasteiger partial charge in [-0.3, -0.25) is 9.47 Å². The summed E-state index contributed by atoms with van der Waals surface area (Å²) in [6.45, 7) is 4.60. The summed E-state index contributed by atoms with van der Waals surface area (Å²) in [7, 11) is 3.39. The number of methoxy groups -OCH3 is 2. The fourth-order valence-electron chi connectivity index (χ4n) is 4.02. The van der Waals surface area contributed by atoms with Crippen molar-refractivity contribution < 1.29 is 9.47 Å². The van der Waals surface area contributed by atoms with Gasteiger partial charge in [-0.15, -0.1) is 16.4 Å². The first kappa shape index (κ1) is 20.1. The van der Waals surface area contributed by atoms with E-state index in [1.165, 1.54) is 5.56 Å². The highest BCUT2D eigenvalue weighted by atomic mass is 32.1. The Kier molecular flexibility index (Phi) is 6.03. The molecule has 0 spiro atoms. The molecular weight excluding hydrogens is 404 g/mol. The number of likely N-dealkylation sites (tertiary alicyclic amines) is 1. The van der Waals surface area contributed by atoms with Crippen LogP contribution >= 0.6 is 23.6 Å². The molecule has 0 saturated carbocycles. The lowest BCUT2D eigenvalue weighted by molar-refractivity contribution is 0.186. The summed E-state index contributed by atoms with van der Waals surface area (Å²) in [4.78, 5) is 3.58. The molecule has 1 aliphatic heterocycles. The summed E-state index contributed by atoms with van der Waals surface area (Å²) in [6.07, 6.45) is 2.22. The van der Waals surface area contributed by atoms with Crippen molar-refractivity contribution in [3.05, 3.63) is 46.0 Å². The molecule has 0 aliphatic carbocycles. The van der Waals surface area contributed by atoms with E-state index in [9.17, 15) is 0 Å². The normalized spacial score (nSPS) is 17.0. The maximum Gasteiger partial charge on any atom is 0.199 e. The van der Waals surface area contributed by atoms with E-state index in [0.717, 1.165) is 52.9 Å². The molecule has 3 aromatic rings. The van der Waals surface area contributed by atoms with E-state index < -0.39 is 0 Å². The molecule has 0 amide bonds. The number of benzene rings is 1. The van der Waals surface area contributed by atoms with Gasteiger partial charge < -0.3 is 9.47 Å². The number of rotatable bonds is 7. The number of aromatic nitrogens is 3. The molecule has 3 heterocycles. The second-order valence-corrected chi connectivity index (χ2v) is 8.36. The van der Waals surface area contributed by atoms with Crippen molar-refractivity contribution in [3.63, 3.8) is 0 Å². The van der Waals surface area contributed by atoms with E-state index in [2.05, 4.69) is 40.0 Å². The van der Waals surface area contributed by atoms with Crippen LogP contribution in [0.15, 0.2) is 35.7 Å². The molecular formula is C21H26N4O2S2. The summed E-state index contributed by atoms with van der Waals surface area (Å²) in [5, 5.41) is 6.95. The van der Waals surface area contributed by atoms with Gasteiger partial charge in [-0.1, -0.05) is 12.1 Å². The number of hydrogen-bond donors (Lipinski definition) is 0. The molecule has 29 heavy (non-hydrogen) atoms. The number of ether oxygens (including phenoxy) is 2. The summed E-state index contributed by atoms with van der Waals surface area (Å²) >= 11 is 7.45. The van der Waals surface area contributed by atoms with Crippen molar-refractivity contribution in [2.75, 3.05) is 20.8 Å². The summed E-state index contributed by atoms with van der Waals surface area (Å²) in [5.74, 6) is 2.62. The van der Waals surface area contributed by atoms with Crippen molar-refractivity contribution in [2.24, 2.45) is 0 Å². The van der Waals surface area contributed by atoms with Gasteiger partial charge in [-0.05, 0) is 49.5 Å². The van der Waals surface area contributed by atoms with Crippen LogP contribution in [0.4, 0.5) is 0 Å². The fraction of sp³-hybridized carbons (Fsp3) is 0.429. The predicted molar refractivity (Wildman–Crippen MR) is 118 cm³/mol. The molecule has 8 heteroatoms. The molecule has 6 nitrogen and oxygen atoms in total. The lowest BCUT2D eigenvalue weighted by atomic mass is 10.0. The Morgan fingerprint density at radius 3 is 2.79 bits per heavy atom. The topological polar surface area (TPSA) is 44.5 Å². The largest absolute Gasteiger partial charge is 0.497 e. The highest BCUT2D eigenvalue weighted by Crippen LogP contribution is 2.39. The molecule has 1 saturated heterocycles. The van der Waals surface area contributed by atoms with Crippen LogP contribution in [0.5, 0.6) is 11.5 Å². The highest BCUT2D eigenvalue weighted by Gasteiger charge is 2.29. The maximum absolute atomic E-state index is 5.76. The molecule has 1 aromatic carbocycles. The van der Waals surface area contributed by atoms with Crippen LogP contribution in [-0.4, -0.2) is 40.0 Å². The summed E-state index contributed by atoms with van der Waals surface area (Å²) in [5.41, 5.74) is 1.19. The average molecular weight is 431 g/mol. The van der Waals surface area contributed by atoms with Gasteiger partial charge in [0.05, 0.1) is 25.8 Å². The summed E-state index contributed by atoms with van der Waals surface area (Å²) < 4.78 is 15.9. The van der Waals surface area contributed by atoms with Crippen LogP contribution in [0.3, 0.4) is 0 Å². The number of thiophene rings is 1. The molecule has 0 bridgehead atoms. The van der Waals surface area contributed by atoms with Crippen molar-refractivity contribution >= 4 is 23.6 Å². The monoisotopic (exact) mass is 430 g/mol. The molecule has 1 atom stereocenters. The van der Waals surface area contributed by atoms with Gasteiger partial charge >= 0.3 is 0 Å². The predicted octanol–water partition coefficient (Wildman–Crippen LogP) is 4.97. The van der Waals surface area contributed by atoms with Gasteiger partial charge in [0.25, 0.3) is 0 Å². The Morgan fingerprint density at radius 1 is 1.24 bits per heavy atom. The van der Waals surface area contributed by atoms with Gasteiger partial charge in [-0.2, -0.15) is 0 Å². The van der Waals surface area contributed by atoms with E-state index in [0.29, 0.717) is 6.67 Å². The lowest BCUT2D eigenvalue weighted by Crippen LogP contribution is -2.27. The molecule has 0 radical (unpaired) electrons. The van der Waals surface area contributed by atoms with Crippen LogP contribution < -0.4 is 9.47 Å². The third kappa shape index (κ3) is 3.84. The fourth-order valence-corrected chi connectivity index (χ4v) is 5.05. The van der Waals surface area contributed by atoms with Gasteiger partial charge in [0, 0.05) is 30.8 Å². The number of nitrogens with zero attached hydrogens (tertiary/aromatic N) is 4. The molecule has 1 unspecified atom stereocenters. The molecule has 2 aromatic heterocycles. The Hall–Kier alpha value is -2.16. The zero-order valence-electron chi connectivity index (χ0n) is 17.0. The quantitative estimate of drug-likeness (QED) is 0.495. The third-order valence-electron chi connectivity index (χ3n) is 5.46. The third-order valence-corrected chi connectivity index (χ3v) is 6.76. The second-order valence-electron chi connectivity index (χ2n) is 7.05. The number of hydrogen-bond acceptors (Lipinski definition) is 6. The summed E-state index contributed by atoms with van der Waals surface area (Å²) in [6, 6.07) is 10.5. The van der Waals surface area contributed by atoms with Gasteiger partial charge in [0.2, 0.25) is 0 Å². The van der Waals surface area contributed by atoms with Gasteiger partial charge in [0.15, 0.2) is 10.6 Å². The zero-order valence-corrected chi connectivity index (χ0v) is 18.6. The molecule has 154 valence electrons. The van der Waals surface area contributed by atoms with E-state index in [1.807, 2.05) is 16.8 Å². The minimum atomic E-state index is 0.273. The van der Waals surface area contributed by atoms with Crippen LogP contribution in [0.25, 0.3) is 10.7 Å². The first-order valence-electron chi connectivity index (χ1n) is 9.83. The van der Waals surface area contributed by atoms with Crippen LogP contribution in [0.2, 0.25) is 0 Å². The Morgan fingerprint density at radius 2 is 2.10 bits per heavy atom. The second kappa shape index (κ2) is 8.69. The highest BCUT2D eigenvalue weighted by molar-refractivity contribution is 7.71. The van der Waals surface area contributed by atoms with Gasteiger partial charge in [0.1, 0.15) is 11.5 Å². The van der Waals surface area contributed by atoms with Gasteiger partial charge in [-0.25, -0.2) is 4.68 Å². The molecule has 0 N–H and O–H groups in total. The molecule has 1 aliphatic rings. The minimum Gasteiger partial charge on any atom is -0.497 e. The maximum atomic E-state index is 5.76. The average Bonchev–Trinajstić information content (AvgIpc) is 3.49. The van der Waals surface area contributed by atoms with Crippen molar-refractivity contribution in [3.8, 4) is 22.2 Å². The van der Waals surface area contributed by atoms with E-state index >= 15 is 0 Å². The first-order valence-corrected chi connectivity index (χ1v) is 11.1. The van der Waals surface area contributed by atoms with Crippen molar-refractivity contribution in [2.45, 2.75) is 39.0 Å². The molecule has 1 fully saturated rings. The van der Waals surface area contributed by atoms with E-state index in [1.54, 1.807) is 25.6 Å². The smallest absolute Gasteiger partial charge is 0.199 e. The standard InChI is InChI=1S/C21H26N4O2S2/c1-4-24-20(19-8-6-12-29-19)22-25(21(24)28)14-23-11-5-7-17(23)16-10-9-15(26-2)13-18(16)27-3/h6,8-10,12-13,17H,4-5,7,11,14H2,1-3H3. The zero-order chi connectivity index (χ0) is 20.4. The Balaban J connectivity index is 1.64. The Bertz CT molecular complexity index is 1030. The van der Waals surface area contributed by atoms with Crippen LogP contribution in [0, 0.1) is 4.77 Å². The molecule has 4 rings (SSSR count). The van der Waals surface area contributed by atoms with E-state index in [-0.39, 0.29) is 6.04 Å². The van der Waals surface area contributed by atoms with Crippen LogP contribution in [0.1, 0.15) is 31.4 Å². The van der Waals surface area contributed by atoms with Crippen LogP contribution in [-0.2, 0) is 13.2 Å². The van der Waals surface area contributed by atoms with Crippen molar-refractivity contribution in [1.82, 2.24) is 19.2 Å². The van der Waals surface area contributed by atoms with E-state index in [4.69, 9.17) is 26.8 Å². The lowest BCUT2D eigenvalue weighted by Gasteiger charge is -2.26. The SMILES string of the molecule is CCn1c(-c2cccs2)nn(CN2CCCC2c2ccc(OC)cc2OC)c1=S. The van der Waals surface area contributed by atoms with Crippen molar-refractivity contribution in [1.29, 1.82) is 0 Å². The first-order chi connectivity index (χ1) is 14.2. The minimum absolute atomic E-state index is 0.273. The Labute approximate surface area is 180 Å².